The van der Waals surface area contributed by atoms with Crippen molar-refractivity contribution >= 4 is 34.7 Å². The van der Waals surface area contributed by atoms with Crippen molar-refractivity contribution in [2.45, 2.75) is 44.7 Å². The summed E-state index contributed by atoms with van der Waals surface area (Å²) in [5, 5.41) is 10.7. The topological polar surface area (TPSA) is 145 Å². The molecule has 0 radical (unpaired) electrons. The number of amides is 2. The van der Waals surface area contributed by atoms with Gasteiger partial charge in [0.2, 0.25) is 0 Å². The summed E-state index contributed by atoms with van der Waals surface area (Å²) in [5.41, 5.74) is 0.838. The lowest BCUT2D eigenvalue weighted by atomic mass is 9.85. The lowest BCUT2D eigenvalue weighted by Gasteiger charge is -2.40. The first-order valence-electron chi connectivity index (χ1n) is 13.4. The zero-order chi connectivity index (χ0) is 29.3. The Bertz CT molecular complexity index is 1910. The molecule has 1 N–H and O–H groups in total. The number of cyclic esters (lactones) is 1. The summed E-state index contributed by atoms with van der Waals surface area (Å²) in [6.07, 6.45) is -2.53. The van der Waals surface area contributed by atoms with Crippen LogP contribution in [0.4, 0.5) is 0 Å². The van der Waals surface area contributed by atoms with Gasteiger partial charge >= 0.3 is 11.9 Å². The van der Waals surface area contributed by atoms with Crippen LogP contribution in [0, 0.1) is 0 Å². The van der Waals surface area contributed by atoms with Crippen molar-refractivity contribution in [2.24, 2.45) is 0 Å². The predicted molar refractivity (Wildman–Crippen MR) is 146 cm³/mol. The van der Waals surface area contributed by atoms with Gasteiger partial charge in [-0.2, -0.15) is 0 Å². The number of fused-ring (bicyclic) bond motifs is 6. The minimum atomic E-state index is -1.97. The summed E-state index contributed by atoms with van der Waals surface area (Å²) >= 11 is 0. The van der Waals surface area contributed by atoms with Gasteiger partial charge in [-0.1, -0.05) is 37.3 Å². The third-order valence-corrected chi connectivity index (χ3v) is 8.18. The number of carboxylic acid groups (broad SMARTS) is 1. The highest BCUT2D eigenvalue weighted by Crippen LogP contribution is 2.42. The van der Waals surface area contributed by atoms with Gasteiger partial charge in [0, 0.05) is 16.5 Å². The number of aromatic nitrogens is 2. The van der Waals surface area contributed by atoms with E-state index in [1.165, 1.54) is 12.1 Å². The summed E-state index contributed by atoms with van der Waals surface area (Å²) in [4.78, 5) is 71.4. The Morgan fingerprint density at radius 3 is 2.43 bits per heavy atom. The molecule has 4 aromatic rings. The molecule has 2 aromatic heterocycles. The minimum absolute atomic E-state index is 0.0704. The zero-order valence-corrected chi connectivity index (χ0v) is 22.3. The van der Waals surface area contributed by atoms with Gasteiger partial charge in [0.1, 0.15) is 6.61 Å². The molecule has 2 atom stereocenters. The SMILES string of the molecule is CC[C@@]1(OC(CC(=O)O)N2C(=O)c3ccccc3C2=O)C(=O)OCc2c1cc1n(c2=O)Cc2cc3ccccc3nc2-1. The molecule has 3 aliphatic heterocycles. The second-order valence-corrected chi connectivity index (χ2v) is 10.5. The number of hydrogen-bond acceptors (Lipinski definition) is 8. The molecule has 210 valence electrons. The summed E-state index contributed by atoms with van der Waals surface area (Å²) in [7, 11) is 0. The maximum Gasteiger partial charge on any atom is 0.343 e. The van der Waals surface area contributed by atoms with E-state index in [1.807, 2.05) is 30.3 Å². The van der Waals surface area contributed by atoms with Crippen molar-refractivity contribution in [2.75, 3.05) is 0 Å². The summed E-state index contributed by atoms with van der Waals surface area (Å²) < 4.78 is 13.3. The average molecular weight is 566 g/mol. The van der Waals surface area contributed by atoms with Crippen molar-refractivity contribution in [1.82, 2.24) is 14.5 Å². The number of carboxylic acids is 1. The summed E-state index contributed by atoms with van der Waals surface area (Å²) in [6, 6.07) is 17.3. The fourth-order valence-corrected chi connectivity index (χ4v) is 6.15. The predicted octanol–water partition coefficient (Wildman–Crippen LogP) is 3.20. The molecule has 1 unspecified atom stereocenters. The number of benzene rings is 2. The number of esters is 1. The van der Waals surface area contributed by atoms with E-state index in [0.717, 1.165) is 21.4 Å². The Kier molecular flexibility index (Phi) is 5.64. The summed E-state index contributed by atoms with van der Waals surface area (Å²) in [5.74, 6) is -3.68. The summed E-state index contributed by atoms with van der Waals surface area (Å²) in [6.45, 7) is 1.60. The number of rotatable bonds is 6. The molecular formula is C31H23N3O8. The number of ether oxygens (including phenoxy) is 2. The van der Waals surface area contributed by atoms with Crippen LogP contribution in [0.2, 0.25) is 0 Å². The Morgan fingerprint density at radius 1 is 1.05 bits per heavy atom. The van der Waals surface area contributed by atoms with Crippen molar-refractivity contribution in [1.29, 1.82) is 0 Å². The average Bonchev–Trinajstić information content (AvgIpc) is 3.46. The fraction of sp³-hybridized carbons (Fsp3) is 0.226. The number of carbonyl (C=O) groups is 4. The van der Waals surface area contributed by atoms with Gasteiger partial charge in [-0.25, -0.2) is 14.7 Å². The highest BCUT2D eigenvalue weighted by atomic mass is 16.6. The number of carbonyl (C=O) groups excluding carboxylic acids is 3. The number of imide groups is 1. The van der Waals surface area contributed by atoms with Crippen molar-refractivity contribution < 1.29 is 33.8 Å². The van der Waals surface area contributed by atoms with E-state index >= 15 is 0 Å². The van der Waals surface area contributed by atoms with Gasteiger partial charge in [-0.3, -0.25) is 19.2 Å². The largest absolute Gasteiger partial charge is 0.481 e. The maximum atomic E-state index is 13.8. The van der Waals surface area contributed by atoms with Crippen LogP contribution < -0.4 is 5.56 Å². The van der Waals surface area contributed by atoms with Crippen LogP contribution in [0.15, 0.2) is 65.5 Å². The minimum Gasteiger partial charge on any atom is -0.481 e. The quantitative estimate of drug-likeness (QED) is 0.242. The molecule has 42 heavy (non-hydrogen) atoms. The van der Waals surface area contributed by atoms with Crippen LogP contribution in [0.25, 0.3) is 22.3 Å². The van der Waals surface area contributed by atoms with Gasteiger partial charge in [-0.05, 0) is 36.8 Å². The number of para-hydroxylation sites is 1. The first-order chi connectivity index (χ1) is 20.2. The molecular weight excluding hydrogens is 542 g/mol. The van der Waals surface area contributed by atoms with Gasteiger partial charge in [0.05, 0.1) is 46.6 Å². The monoisotopic (exact) mass is 565 g/mol. The Hall–Kier alpha value is -5.16. The first-order valence-corrected chi connectivity index (χ1v) is 13.4. The normalized spacial score (nSPS) is 19.3. The smallest absolute Gasteiger partial charge is 0.343 e. The number of pyridine rings is 2. The van der Waals surface area contributed by atoms with Crippen LogP contribution >= 0.6 is 0 Å². The molecule has 0 saturated carbocycles. The lowest BCUT2D eigenvalue weighted by molar-refractivity contribution is -0.201. The molecule has 0 fully saturated rings. The molecule has 0 aliphatic carbocycles. The third-order valence-electron chi connectivity index (χ3n) is 8.18. The lowest BCUT2D eigenvalue weighted by Crippen LogP contribution is -2.53. The molecule has 2 amide bonds. The second kappa shape index (κ2) is 9.18. The van der Waals surface area contributed by atoms with E-state index in [1.54, 1.807) is 29.7 Å². The number of aliphatic carboxylic acids is 1. The molecule has 2 aromatic carbocycles. The van der Waals surface area contributed by atoms with E-state index in [4.69, 9.17) is 14.5 Å². The molecule has 5 heterocycles. The standard InChI is InChI=1S/C31H23N3O8/c1-2-31(42-24(13-25(35)36)34-28(38)18-8-4-5-9-19(18)29(34)39)21-12-23-26-17(11-16-7-3-6-10-22(16)32-26)14-33(23)27(37)20(21)15-41-30(31)40/h3-12,24H,2,13-15H2,1H3,(H,35,36)/t24?,31-/m0/s1. The highest BCUT2D eigenvalue weighted by Gasteiger charge is 2.52. The van der Waals surface area contributed by atoms with Crippen LogP contribution in [0.3, 0.4) is 0 Å². The molecule has 0 spiro atoms. The van der Waals surface area contributed by atoms with Crippen LogP contribution in [0.1, 0.15) is 57.2 Å². The van der Waals surface area contributed by atoms with Gasteiger partial charge < -0.3 is 19.1 Å². The van der Waals surface area contributed by atoms with Crippen LogP contribution in [-0.2, 0) is 37.8 Å². The van der Waals surface area contributed by atoms with E-state index in [0.29, 0.717) is 11.4 Å². The van der Waals surface area contributed by atoms with Crippen molar-refractivity contribution in [3.05, 3.63) is 98.8 Å². The molecule has 3 aliphatic rings. The van der Waals surface area contributed by atoms with Crippen LogP contribution in [0.5, 0.6) is 0 Å². The molecule has 7 rings (SSSR count). The molecule has 11 nitrogen and oxygen atoms in total. The van der Waals surface area contributed by atoms with Gasteiger partial charge in [0.25, 0.3) is 17.4 Å². The van der Waals surface area contributed by atoms with E-state index in [-0.39, 0.29) is 41.8 Å². The van der Waals surface area contributed by atoms with Gasteiger partial charge in [0.15, 0.2) is 11.8 Å². The molecule has 0 bridgehead atoms. The molecule has 11 heteroatoms. The third kappa shape index (κ3) is 3.56. The highest BCUT2D eigenvalue weighted by molar-refractivity contribution is 6.21. The Labute approximate surface area is 237 Å². The fourth-order valence-electron chi connectivity index (χ4n) is 6.15. The Morgan fingerprint density at radius 2 is 1.74 bits per heavy atom. The van der Waals surface area contributed by atoms with E-state index in [2.05, 4.69) is 0 Å². The van der Waals surface area contributed by atoms with E-state index < -0.39 is 47.6 Å². The van der Waals surface area contributed by atoms with E-state index in [9.17, 15) is 29.1 Å². The Balaban J connectivity index is 1.38. The zero-order valence-electron chi connectivity index (χ0n) is 22.3. The second-order valence-electron chi connectivity index (χ2n) is 10.5. The number of nitrogens with zero attached hydrogens (tertiary/aromatic N) is 3. The molecule has 0 saturated heterocycles. The van der Waals surface area contributed by atoms with Crippen molar-refractivity contribution in [3.8, 4) is 11.4 Å². The first kappa shape index (κ1) is 25.8. The number of hydrogen-bond donors (Lipinski definition) is 1. The maximum absolute atomic E-state index is 13.8. The van der Waals surface area contributed by atoms with Gasteiger partial charge in [-0.15, -0.1) is 0 Å². The van der Waals surface area contributed by atoms with Crippen LogP contribution in [-0.4, -0.2) is 49.5 Å². The van der Waals surface area contributed by atoms with Crippen molar-refractivity contribution in [3.63, 3.8) is 0 Å².